The van der Waals surface area contributed by atoms with Gasteiger partial charge in [-0.15, -0.1) is 0 Å². The summed E-state index contributed by atoms with van der Waals surface area (Å²) in [5.41, 5.74) is 5.48. The molecule has 2 heteroatoms. The van der Waals surface area contributed by atoms with Crippen molar-refractivity contribution in [3.8, 4) is 0 Å². The number of nitrogens with two attached hydrogens (primary N) is 1. The molecule has 0 radical (unpaired) electrons. The summed E-state index contributed by atoms with van der Waals surface area (Å²) in [4.78, 5) is 0. The Morgan fingerprint density at radius 3 is 1.40 bits per heavy atom. The highest BCUT2D eigenvalue weighted by Crippen LogP contribution is 2.08. The average Bonchev–Trinajstić information content (AvgIpc) is 2.47. The first-order valence-corrected chi connectivity index (χ1v) is 9.32. The van der Waals surface area contributed by atoms with E-state index in [9.17, 15) is 0 Å². The highest BCUT2D eigenvalue weighted by molar-refractivity contribution is 4.52. The van der Waals surface area contributed by atoms with Crippen molar-refractivity contribution >= 4 is 0 Å². The van der Waals surface area contributed by atoms with Gasteiger partial charge >= 0.3 is 0 Å². The van der Waals surface area contributed by atoms with Crippen molar-refractivity contribution < 1.29 is 0 Å². The van der Waals surface area contributed by atoms with E-state index in [1.165, 1.54) is 103 Å². The van der Waals surface area contributed by atoms with Gasteiger partial charge in [-0.3, -0.25) is 0 Å². The minimum atomic E-state index is 0.865. The predicted octanol–water partition coefficient (Wildman–Crippen LogP) is 5.02. The zero-order valence-electron chi connectivity index (χ0n) is 14.1. The van der Waals surface area contributed by atoms with Crippen molar-refractivity contribution in [2.75, 3.05) is 19.6 Å². The molecule has 0 aromatic carbocycles. The molecule has 3 N–H and O–H groups in total. The van der Waals surface area contributed by atoms with Gasteiger partial charge in [-0.1, -0.05) is 77.6 Å². The van der Waals surface area contributed by atoms with E-state index >= 15 is 0 Å². The van der Waals surface area contributed by atoms with Crippen molar-refractivity contribution in [2.45, 2.75) is 96.8 Å². The third kappa shape index (κ3) is 17.9. The van der Waals surface area contributed by atoms with Gasteiger partial charge in [0.1, 0.15) is 0 Å². The predicted molar refractivity (Wildman–Crippen MR) is 92.2 cm³/mol. The SMILES string of the molecule is CCCCCCCCNCCCCCCCCCCN. The third-order valence-electron chi connectivity index (χ3n) is 4.01. The molecule has 0 aliphatic heterocycles. The van der Waals surface area contributed by atoms with Crippen molar-refractivity contribution in [3.05, 3.63) is 0 Å². The Balaban J connectivity index is 2.89. The highest BCUT2D eigenvalue weighted by atomic mass is 14.8. The minimum Gasteiger partial charge on any atom is -0.330 e. The molecule has 0 unspecified atom stereocenters. The van der Waals surface area contributed by atoms with Gasteiger partial charge < -0.3 is 11.1 Å². The smallest absolute Gasteiger partial charge is 0.00489 e. The second-order valence-electron chi connectivity index (χ2n) is 6.13. The number of rotatable bonds is 17. The lowest BCUT2D eigenvalue weighted by Gasteiger charge is -2.05. The molecule has 0 aliphatic carbocycles. The summed E-state index contributed by atoms with van der Waals surface area (Å²) in [5, 5.41) is 3.58. The maximum absolute atomic E-state index is 5.48. The van der Waals surface area contributed by atoms with E-state index in [0.29, 0.717) is 0 Å². The number of hydrogen-bond donors (Lipinski definition) is 2. The fraction of sp³-hybridized carbons (Fsp3) is 1.00. The van der Waals surface area contributed by atoms with Gasteiger partial charge in [0.2, 0.25) is 0 Å². The summed E-state index contributed by atoms with van der Waals surface area (Å²) in [6, 6.07) is 0. The molecule has 0 atom stereocenters. The number of unbranched alkanes of at least 4 members (excludes halogenated alkanes) is 12. The molecule has 0 saturated heterocycles. The monoisotopic (exact) mass is 284 g/mol. The summed E-state index contributed by atoms with van der Waals surface area (Å²) in [7, 11) is 0. The lowest BCUT2D eigenvalue weighted by molar-refractivity contribution is 0.535. The first-order chi connectivity index (χ1) is 9.91. The van der Waals surface area contributed by atoms with E-state index in [2.05, 4.69) is 12.2 Å². The van der Waals surface area contributed by atoms with Crippen molar-refractivity contribution in [2.24, 2.45) is 5.73 Å². The summed E-state index contributed by atoms with van der Waals surface area (Å²) in [5.74, 6) is 0. The first kappa shape index (κ1) is 19.9. The molecule has 0 bridgehead atoms. The molecule has 2 nitrogen and oxygen atoms in total. The lowest BCUT2D eigenvalue weighted by Crippen LogP contribution is -2.16. The molecule has 0 aliphatic rings. The lowest BCUT2D eigenvalue weighted by atomic mass is 10.1. The van der Waals surface area contributed by atoms with E-state index in [4.69, 9.17) is 5.73 Å². The van der Waals surface area contributed by atoms with E-state index in [-0.39, 0.29) is 0 Å². The van der Waals surface area contributed by atoms with Crippen LogP contribution in [0.5, 0.6) is 0 Å². The van der Waals surface area contributed by atoms with Crippen LogP contribution in [0.4, 0.5) is 0 Å². The molecule has 0 heterocycles. The van der Waals surface area contributed by atoms with Crippen molar-refractivity contribution in [3.63, 3.8) is 0 Å². The summed E-state index contributed by atoms with van der Waals surface area (Å²) in [6.45, 7) is 5.60. The third-order valence-corrected chi connectivity index (χ3v) is 4.01. The summed E-state index contributed by atoms with van der Waals surface area (Å²) < 4.78 is 0. The molecule has 0 saturated carbocycles. The summed E-state index contributed by atoms with van der Waals surface area (Å²) >= 11 is 0. The van der Waals surface area contributed by atoms with Crippen LogP contribution >= 0.6 is 0 Å². The second-order valence-corrected chi connectivity index (χ2v) is 6.13. The first-order valence-electron chi connectivity index (χ1n) is 9.32. The Labute approximate surface area is 128 Å². The van der Waals surface area contributed by atoms with Crippen LogP contribution in [-0.2, 0) is 0 Å². The Morgan fingerprint density at radius 2 is 0.950 bits per heavy atom. The Morgan fingerprint density at radius 1 is 0.550 bits per heavy atom. The molecule has 0 amide bonds. The average molecular weight is 285 g/mol. The van der Waals surface area contributed by atoms with E-state index in [1.807, 2.05) is 0 Å². The van der Waals surface area contributed by atoms with Gasteiger partial charge in [0.25, 0.3) is 0 Å². The zero-order chi connectivity index (χ0) is 14.7. The quantitative estimate of drug-likeness (QED) is 0.368. The molecule has 0 aromatic rings. The number of hydrogen-bond acceptors (Lipinski definition) is 2. The maximum Gasteiger partial charge on any atom is -0.00489 e. The normalized spacial score (nSPS) is 11.1. The highest BCUT2D eigenvalue weighted by Gasteiger charge is 1.93. The van der Waals surface area contributed by atoms with Gasteiger partial charge in [-0.25, -0.2) is 0 Å². The molecular weight excluding hydrogens is 244 g/mol. The van der Waals surface area contributed by atoms with E-state index < -0.39 is 0 Å². The van der Waals surface area contributed by atoms with Crippen LogP contribution in [0.1, 0.15) is 96.8 Å². The van der Waals surface area contributed by atoms with Crippen molar-refractivity contribution in [1.29, 1.82) is 0 Å². The molecule has 122 valence electrons. The van der Waals surface area contributed by atoms with Crippen LogP contribution in [-0.4, -0.2) is 19.6 Å². The fourth-order valence-corrected chi connectivity index (χ4v) is 2.61. The van der Waals surface area contributed by atoms with Gasteiger partial charge in [0.15, 0.2) is 0 Å². The van der Waals surface area contributed by atoms with Crippen LogP contribution < -0.4 is 11.1 Å². The van der Waals surface area contributed by atoms with E-state index in [1.54, 1.807) is 0 Å². The van der Waals surface area contributed by atoms with Gasteiger partial charge in [0.05, 0.1) is 0 Å². The van der Waals surface area contributed by atoms with E-state index in [0.717, 1.165) is 6.54 Å². The zero-order valence-corrected chi connectivity index (χ0v) is 14.1. The standard InChI is InChI=1S/C18H40N2/c1-2-3-4-5-11-14-17-20-18-15-12-9-7-6-8-10-13-16-19/h20H,2-19H2,1H3. The molecule has 0 spiro atoms. The molecule has 0 fully saturated rings. The molecule has 20 heavy (non-hydrogen) atoms. The minimum absolute atomic E-state index is 0.865. The molecule has 0 rings (SSSR count). The topological polar surface area (TPSA) is 38.0 Å². The van der Waals surface area contributed by atoms with Crippen LogP contribution in [0.3, 0.4) is 0 Å². The largest absolute Gasteiger partial charge is 0.330 e. The summed E-state index contributed by atoms with van der Waals surface area (Å²) in [6.07, 6.45) is 19.3. The Kier molecular flexibility index (Phi) is 18.8. The molecule has 0 aromatic heterocycles. The van der Waals surface area contributed by atoms with Gasteiger partial charge in [-0.05, 0) is 38.9 Å². The van der Waals surface area contributed by atoms with Gasteiger partial charge in [0, 0.05) is 0 Å². The molecular formula is C18H40N2. The fourth-order valence-electron chi connectivity index (χ4n) is 2.61. The van der Waals surface area contributed by atoms with Crippen molar-refractivity contribution in [1.82, 2.24) is 5.32 Å². The van der Waals surface area contributed by atoms with Crippen LogP contribution in [0.25, 0.3) is 0 Å². The van der Waals surface area contributed by atoms with Crippen LogP contribution in [0.2, 0.25) is 0 Å². The Hall–Kier alpha value is -0.0800. The second kappa shape index (κ2) is 18.9. The van der Waals surface area contributed by atoms with Gasteiger partial charge in [-0.2, -0.15) is 0 Å². The number of nitrogens with one attached hydrogen (secondary N) is 1. The maximum atomic E-state index is 5.48. The van der Waals surface area contributed by atoms with Crippen LogP contribution in [0.15, 0.2) is 0 Å². The van der Waals surface area contributed by atoms with Crippen LogP contribution in [0, 0.1) is 0 Å². The Bertz CT molecular complexity index is 141.